The summed E-state index contributed by atoms with van der Waals surface area (Å²) in [4.78, 5) is 15.9. The van der Waals surface area contributed by atoms with Crippen molar-refractivity contribution in [1.82, 2.24) is 4.98 Å². The molecule has 0 aliphatic heterocycles. The van der Waals surface area contributed by atoms with E-state index in [1.54, 1.807) is 12.1 Å². The van der Waals surface area contributed by atoms with Crippen molar-refractivity contribution >= 4 is 40.5 Å². The maximum atomic E-state index is 11.7. The van der Waals surface area contributed by atoms with Crippen LogP contribution in [0.4, 0.5) is 11.4 Å². The minimum atomic E-state index is -0.675. The number of aromatic nitrogens is 1. The van der Waals surface area contributed by atoms with Crippen LogP contribution in [-0.2, 0) is 4.74 Å². The number of aryl methyl sites for hydroxylation is 1. The van der Waals surface area contributed by atoms with Gasteiger partial charge in [0.15, 0.2) is 5.69 Å². The van der Waals surface area contributed by atoms with Gasteiger partial charge in [0.2, 0.25) is 0 Å². The Kier molecular flexibility index (Phi) is 4.25. The summed E-state index contributed by atoms with van der Waals surface area (Å²) in [6.07, 6.45) is 0. The van der Waals surface area contributed by atoms with E-state index in [4.69, 9.17) is 34.7 Å². The molecular formula is C14H13Cl2N3O2. The van der Waals surface area contributed by atoms with Gasteiger partial charge in [-0.3, -0.25) is 0 Å². The maximum absolute atomic E-state index is 11.7. The Bertz CT molecular complexity index is 733. The lowest BCUT2D eigenvalue weighted by Crippen LogP contribution is -2.08. The fraction of sp³-hybridized carbons (Fsp3) is 0.143. The number of carbonyl (C=O) groups is 1. The van der Waals surface area contributed by atoms with Crippen molar-refractivity contribution in [3.63, 3.8) is 0 Å². The van der Waals surface area contributed by atoms with Crippen molar-refractivity contribution in [2.45, 2.75) is 6.92 Å². The molecule has 0 saturated carbocycles. The molecule has 110 valence electrons. The molecule has 1 aromatic carbocycles. The second-order valence-corrected chi connectivity index (χ2v) is 5.25. The van der Waals surface area contributed by atoms with E-state index in [2.05, 4.69) is 9.72 Å². The van der Waals surface area contributed by atoms with Crippen LogP contribution in [-0.4, -0.2) is 18.1 Å². The summed E-state index contributed by atoms with van der Waals surface area (Å²) < 4.78 is 4.64. The van der Waals surface area contributed by atoms with Gasteiger partial charge in [-0.2, -0.15) is 0 Å². The van der Waals surface area contributed by atoms with Gasteiger partial charge in [0.05, 0.1) is 23.5 Å². The van der Waals surface area contributed by atoms with Crippen LogP contribution < -0.4 is 11.5 Å². The van der Waals surface area contributed by atoms with E-state index in [9.17, 15) is 4.79 Å². The number of nitrogens with two attached hydrogens (primary N) is 2. The third-order valence-electron chi connectivity index (χ3n) is 2.99. The molecule has 0 saturated heterocycles. The Morgan fingerprint density at radius 3 is 2.52 bits per heavy atom. The first-order chi connectivity index (χ1) is 9.85. The van der Waals surface area contributed by atoms with Gasteiger partial charge >= 0.3 is 5.97 Å². The number of carbonyl (C=O) groups excluding carboxylic acids is 1. The summed E-state index contributed by atoms with van der Waals surface area (Å²) in [7, 11) is 1.24. The predicted octanol–water partition coefficient (Wildman–Crippen LogP) is 3.31. The summed E-state index contributed by atoms with van der Waals surface area (Å²) in [5, 5.41) is 0.551. The Labute approximate surface area is 131 Å². The van der Waals surface area contributed by atoms with Gasteiger partial charge in [0.25, 0.3) is 0 Å². The Hall–Kier alpha value is -1.98. The summed E-state index contributed by atoms with van der Waals surface area (Å²) >= 11 is 12.0. The number of pyridine rings is 1. The fourth-order valence-corrected chi connectivity index (χ4v) is 2.33. The average Bonchev–Trinajstić information content (AvgIpc) is 2.44. The molecule has 0 atom stereocenters. The topological polar surface area (TPSA) is 91.2 Å². The van der Waals surface area contributed by atoms with E-state index in [-0.39, 0.29) is 16.4 Å². The van der Waals surface area contributed by atoms with Crippen LogP contribution in [0.1, 0.15) is 16.1 Å². The highest BCUT2D eigenvalue weighted by molar-refractivity contribution is 6.35. The molecule has 0 fully saturated rings. The molecular weight excluding hydrogens is 313 g/mol. The molecule has 0 aliphatic carbocycles. The number of hydrogen-bond donors (Lipinski definition) is 2. The number of anilines is 2. The van der Waals surface area contributed by atoms with Crippen molar-refractivity contribution in [3.05, 3.63) is 39.5 Å². The summed E-state index contributed by atoms with van der Waals surface area (Å²) in [6.45, 7) is 1.82. The van der Waals surface area contributed by atoms with Gasteiger partial charge in [0.1, 0.15) is 0 Å². The zero-order valence-corrected chi connectivity index (χ0v) is 12.9. The molecule has 5 nitrogen and oxygen atoms in total. The highest BCUT2D eigenvalue weighted by Crippen LogP contribution is 2.34. The Morgan fingerprint density at radius 1 is 1.24 bits per heavy atom. The molecule has 2 aromatic rings. The average molecular weight is 326 g/mol. The van der Waals surface area contributed by atoms with Gasteiger partial charge < -0.3 is 16.2 Å². The Morgan fingerprint density at radius 2 is 1.90 bits per heavy atom. The molecule has 0 amide bonds. The number of methoxy groups -OCH3 is 1. The number of nitrogen functional groups attached to an aromatic ring is 2. The molecule has 1 heterocycles. The third-order valence-corrected chi connectivity index (χ3v) is 3.61. The second-order valence-electron chi connectivity index (χ2n) is 4.43. The molecule has 0 radical (unpaired) electrons. The number of ether oxygens (including phenoxy) is 1. The Balaban J connectivity index is 2.71. The van der Waals surface area contributed by atoms with Crippen LogP contribution >= 0.6 is 23.2 Å². The van der Waals surface area contributed by atoms with Gasteiger partial charge in [-0.25, -0.2) is 9.78 Å². The lowest BCUT2D eigenvalue weighted by Gasteiger charge is -2.12. The molecule has 21 heavy (non-hydrogen) atoms. The SMILES string of the molecule is COC(=O)c1nc(-c2cc(Cl)cc(C)c2N)cc(N)c1Cl. The van der Waals surface area contributed by atoms with E-state index in [1.165, 1.54) is 13.2 Å². The van der Waals surface area contributed by atoms with E-state index in [1.807, 2.05) is 6.92 Å². The van der Waals surface area contributed by atoms with Crippen LogP contribution in [0.15, 0.2) is 18.2 Å². The van der Waals surface area contributed by atoms with Gasteiger partial charge in [-0.05, 0) is 30.7 Å². The molecule has 0 spiro atoms. The zero-order chi connectivity index (χ0) is 15.7. The fourth-order valence-electron chi connectivity index (χ4n) is 1.89. The van der Waals surface area contributed by atoms with Crippen LogP contribution in [0.5, 0.6) is 0 Å². The summed E-state index contributed by atoms with van der Waals surface area (Å²) in [5.41, 5.74) is 14.3. The second kappa shape index (κ2) is 5.79. The maximum Gasteiger partial charge on any atom is 0.358 e. The van der Waals surface area contributed by atoms with Crippen molar-refractivity contribution in [2.24, 2.45) is 0 Å². The van der Waals surface area contributed by atoms with Crippen molar-refractivity contribution in [3.8, 4) is 11.3 Å². The number of rotatable bonds is 2. The van der Waals surface area contributed by atoms with Crippen molar-refractivity contribution in [1.29, 1.82) is 0 Å². The molecule has 2 rings (SSSR count). The molecule has 4 N–H and O–H groups in total. The molecule has 0 aliphatic rings. The van der Waals surface area contributed by atoms with Crippen LogP contribution in [0.2, 0.25) is 10.0 Å². The number of esters is 1. The summed E-state index contributed by atoms with van der Waals surface area (Å²) in [6, 6.07) is 4.93. The molecule has 7 heteroatoms. The lowest BCUT2D eigenvalue weighted by atomic mass is 10.0. The smallest absolute Gasteiger partial charge is 0.358 e. The number of hydrogen-bond acceptors (Lipinski definition) is 5. The number of halogens is 2. The van der Waals surface area contributed by atoms with Crippen molar-refractivity contribution < 1.29 is 9.53 Å². The molecule has 0 bridgehead atoms. The van der Waals surface area contributed by atoms with Crippen LogP contribution in [0.3, 0.4) is 0 Å². The van der Waals surface area contributed by atoms with Gasteiger partial charge in [-0.1, -0.05) is 23.2 Å². The zero-order valence-electron chi connectivity index (χ0n) is 11.4. The minimum Gasteiger partial charge on any atom is -0.464 e. The van der Waals surface area contributed by atoms with E-state index in [0.717, 1.165) is 5.56 Å². The lowest BCUT2D eigenvalue weighted by molar-refractivity contribution is 0.0594. The highest BCUT2D eigenvalue weighted by Gasteiger charge is 2.19. The van der Waals surface area contributed by atoms with Crippen LogP contribution in [0, 0.1) is 6.92 Å². The number of benzene rings is 1. The van der Waals surface area contributed by atoms with E-state index >= 15 is 0 Å². The normalized spacial score (nSPS) is 10.5. The summed E-state index contributed by atoms with van der Waals surface area (Å²) in [5.74, 6) is -0.675. The van der Waals surface area contributed by atoms with Crippen LogP contribution in [0.25, 0.3) is 11.3 Å². The first-order valence-electron chi connectivity index (χ1n) is 5.95. The minimum absolute atomic E-state index is 0.0444. The third kappa shape index (κ3) is 2.89. The van der Waals surface area contributed by atoms with Gasteiger partial charge in [-0.15, -0.1) is 0 Å². The number of nitrogens with zero attached hydrogens (tertiary/aromatic N) is 1. The first kappa shape index (κ1) is 15.4. The first-order valence-corrected chi connectivity index (χ1v) is 6.71. The van der Waals surface area contributed by atoms with Gasteiger partial charge in [0, 0.05) is 16.3 Å². The molecule has 0 unspecified atom stereocenters. The van der Waals surface area contributed by atoms with Crippen molar-refractivity contribution in [2.75, 3.05) is 18.6 Å². The highest BCUT2D eigenvalue weighted by atomic mass is 35.5. The quantitative estimate of drug-likeness (QED) is 0.652. The largest absolute Gasteiger partial charge is 0.464 e. The molecule has 1 aromatic heterocycles. The van der Waals surface area contributed by atoms with E-state index in [0.29, 0.717) is 22.0 Å². The predicted molar refractivity (Wildman–Crippen MR) is 84.6 cm³/mol. The monoisotopic (exact) mass is 325 g/mol. The standard InChI is InChI=1S/C14H13Cl2N3O2/c1-6-3-7(15)4-8(12(6)18)10-5-9(17)11(16)13(19-10)14(20)21-2/h3-5H,18H2,1-2H3,(H2,17,19). The van der Waals surface area contributed by atoms with E-state index < -0.39 is 5.97 Å².